The van der Waals surface area contributed by atoms with Crippen molar-refractivity contribution in [2.45, 2.75) is 13.5 Å². The summed E-state index contributed by atoms with van der Waals surface area (Å²) in [5.41, 5.74) is 0. The predicted molar refractivity (Wildman–Crippen MR) is 69.7 cm³/mol. The Kier molecular flexibility index (Phi) is 3.20. The van der Waals surface area contributed by atoms with Gasteiger partial charge in [-0.15, -0.1) is 5.10 Å². The van der Waals surface area contributed by atoms with Gasteiger partial charge in [-0.1, -0.05) is 5.10 Å². The van der Waals surface area contributed by atoms with Crippen molar-refractivity contribution in [1.29, 1.82) is 0 Å². The molecule has 0 radical (unpaired) electrons. The van der Waals surface area contributed by atoms with Crippen LogP contribution in [0, 0.1) is 6.92 Å². The lowest BCUT2D eigenvalue weighted by atomic mass is 10.3. The van der Waals surface area contributed by atoms with Crippen LogP contribution in [0.2, 0.25) is 0 Å². The molecule has 1 fully saturated rings. The Hall–Kier alpha value is -1.89. The molecule has 1 saturated heterocycles. The van der Waals surface area contributed by atoms with Gasteiger partial charge >= 0.3 is 6.01 Å². The fraction of sp³-hybridized carbons (Fsp3) is 0.583. The molecule has 102 valence electrons. The fourth-order valence-corrected chi connectivity index (χ4v) is 2.26. The highest BCUT2D eigenvalue weighted by Gasteiger charge is 2.21. The molecule has 0 N–H and O–H groups in total. The summed E-state index contributed by atoms with van der Waals surface area (Å²) in [7, 11) is 2.03. The van der Waals surface area contributed by atoms with Gasteiger partial charge in [0.05, 0.1) is 6.54 Å². The van der Waals surface area contributed by atoms with E-state index in [0.29, 0.717) is 11.9 Å². The topological polar surface area (TPSA) is 63.2 Å². The van der Waals surface area contributed by atoms with Crippen molar-refractivity contribution < 1.29 is 4.42 Å². The summed E-state index contributed by atoms with van der Waals surface area (Å²) < 4.78 is 7.52. The second kappa shape index (κ2) is 5.00. The van der Waals surface area contributed by atoms with Crippen LogP contribution in [-0.4, -0.2) is 50.8 Å². The van der Waals surface area contributed by atoms with Gasteiger partial charge in [-0.25, -0.2) is 4.98 Å². The van der Waals surface area contributed by atoms with Crippen LogP contribution in [0.3, 0.4) is 0 Å². The number of nitrogens with zero attached hydrogens (tertiary/aromatic N) is 6. The number of rotatable bonds is 3. The van der Waals surface area contributed by atoms with E-state index in [1.54, 1.807) is 0 Å². The van der Waals surface area contributed by atoms with Gasteiger partial charge in [-0.3, -0.25) is 4.90 Å². The molecular weight excluding hydrogens is 244 g/mol. The summed E-state index contributed by atoms with van der Waals surface area (Å²) in [6, 6.07) is 0.633. The SMILES string of the molecule is Cc1nnc(N2CCN(Cc3nccn3C)CC2)o1. The van der Waals surface area contributed by atoms with Crippen LogP contribution in [-0.2, 0) is 13.6 Å². The minimum atomic E-state index is 0.616. The first-order chi connectivity index (χ1) is 9.22. The van der Waals surface area contributed by atoms with E-state index in [0.717, 1.165) is 38.5 Å². The summed E-state index contributed by atoms with van der Waals surface area (Å²) in [5, 5.41) is 7.93. The van der Waals surface area contributed by atoms with Crippen LogP contribution in [0.5, 0.6) is 0 Å². The molecule has 0 spiro atoms. The van der Waals surface area contributed by atoms with E-state index >= 15 is 0 Å². The summed E-state index contributed by atoms with van der Waals surface area (Å²) >= 11 is 0. The van der Waals surface area contributed by atoms with Crippen molar-refractivity contribution in [1.82, 2.24) is 24.6 Å². The fourth-order valence-electron chi connectivity index (χ4n) is 2.26. The summed E-state index contributed by atoms with van der Waals surface area (Å²) in [5.74, 6) is 1.72. The Morgan fingerprint density at radius 2 is 2.00 bits per heavy atom. The van der Waals surface area contributed by atoms with E-state index in [4.69, 9.17) is 4.42 Å². The average Bonchev–Trinajstić information content (AvgIpc) is 3.00. The van der Waals surface area contributed by atoms with Gasteiger partial charge in [-0.05, 0) is 0 Å². The second-order valence-corrected chi connectivity index (χ2v) is 4.82. The van der Waals surface area contributed by atoms with E-state index in [-0.39, 0.29) is 0 Å². The van der Waals surface area contributed by atoms with Crippen molar-refractivity contribution in [3.63, 3.8) is 0 Å². The summed E-state index contributed by atoms with van der Waals surface area (Å²) in [4.78, 5) is 8.88. The van der Waals surface area contributed by atoms with Gasteiger partial charge in [-0.2, -0.15) is 0 Å². The molecule has 0 bridgehead atoms. The smallest absolute Gasteiger partial charge is 0.318 e. The molecule has 0 unspecified atom stereocenters. The first-order valence-electron chi connectivity index (χ1n) is 6.46. The number of hydrogen-bond donors (Lipinski definition) is 0. The van der Waals surface area contributed by atoms with Crippen LogP contribution < -0.4 is 4.90 Å². The highest BCUT2D eigenvalue weighted by molar-refractivity contribution is 5.24. The average molecular weight is 262 g/mol. The van der Waals surface area contributed by atoms with Crippen LogP contribution in [0.4, 0.5) is 6.01 Å². The number of imidazole rings is 1. The highest BCUT2D eigenvalue weighted by Crippen LogP contribution is 2.15. The molecule has 0 atom stereocenters. The number of aromatic nitrogens is 4. The van der Waals surface area contributed by atoms with Crippen molar-refractivity contribution in [3.05, 3.63) is 24.1 Å². The molecule has 0 aliphatic carbocycles. The molecule has 2 aromatic rings. The van der Waals surface area contributed by atoms with Crippen LogP contribution in [0.25, 0.3) is 0 Å². The third-order valence-corrected chi connectivity index (χ3v) is 3.44. The van der Waals surface area contributed by atoms with Crippen molar-refractivity contribution in [2.75, 3.05) is 31.1 Å². The standard InChI is InChI=1S/C12H18N6O/c1-10-14-15-12(19-10)18-7-5-17(6-8-18)9-11-13-3-4-16(11)2/h3-4H,5-9H2,1-2H3. The van der Waals surface area contributed by atoms with E-state index in [1.807, 2.05) is 26.4 Å². The lowest BCUT2D eigenvalue weighted by Gasteiger charge is -2.33. The Balaban J connectivity index is 1.56. The molecule has 7 heteroatoms. The van der Waals surface area contributed by atoms with Gasteiger partial charge in [0.1, 0.15) is 5.82 Å². The third-order valence-electron chi connectivity index (χ3n) is 3.44. The largest absolute Gasteiger partial charge is 0.408 e. The molecule has 1 aliphatic heterocycles. The Labute approximate surface area is 111 Å². The first-order valence-corrected chi connectivity index (χ1v) is 6.46. The predicted octanol–water partition coefficient (Wildman–Crippen LogP) is 0.434. The van der Waals surface area contributed by atoms with Crippen molar-refractivity contribution in [2.24, 2.45) is 7.05 Å². The van der Waals surface area contributed by atoms with E-state index in [2.05, 4.69) is 29.5 Å². The van der Waals surface area contributed by atoms with Crippen molar-refractivity contribution in [3.8, 4) is 0 Å². The third kappa shape index (κ3) is 2.60. The maximum Gasteiger partial charge on any atom is 0.318 e. The molecule has 1 aliphatic rings. The van der Waals surface area contributed by atoms with E-state index in [1.165, 1.54) is 0 Å². The number of anilines is 1. The van der Waals surface area contributed by atoms with Gasteiger partial charge in [0.25, 0.3) is 0 Å². The maximum atomic E-state index is 5.45. The molecule has 7 nitrogen and oxygen atoms in total. The molecule has 2 aromatic heterocycles. The van der Waals surface area contributed by atoms with Gasteiger partial charge in [0.15, 0.2) is 0 Å². The zero-order chi connectivity index (χ0) is 13.2. The van der Waals surface area contributed by atoms with Gasteiger partial charge in [0, 0.05) is 52.5 Å². The molecular formula is C12H18N6O. The Morgan fingerprint density at radius 3 is 2.58 bits per heavy atom. The monoisotopic (exact) mass is 262 g/mol. The molecule has 0 aromatic carbocycles. The molecule has 3 heterocycles. The molecule has 0 saturated carbocycles. The van der Waals surface area contributed by atoms with Crippen LogP contribution in [0.1, 0.15) is 11.7 Å². The molecule has 3 rings (SSSR count). The zero-order valence-electron chi connectivity index (χ0n) is 11.3. The quantitative estimate of drug-likeness (QED) is 0.799. The minimum absolute atomic E-state index is 0.616. The number of hydrogen-bond acceptors (Lipinski definition) is 6. The zero-order valence-corrected chi connectivity index (χ0v) is 11.3. The first kappa shape index (κ1) is 12.2. The summed E-state index contributed by atoms with van der Waals surface area (Å²) in [6.45, 7) is 6.48. The number of aryl methyl sites for hydroxylation is 2. The van der Waals surface area contributed by atoms with Gasteiger partial charge < -0.3 is 13.9 Å². The highest BCUT2D eigenvalue weighted by atomic mass is 16.4. The Bertz CT molecular complexity index is 540. The normalized spacial score (nSPS) is 17.1. The summed E-state index contributed by atoms with van der Waals surface area (Å²) in [6.07, 6.45) is 3.82. The molecule has 0 amide bonds. The van der Waals surface area contributed by atoms with E-state index in [9.17, 15) is 0 Å². The lowest BCUT2D eigenvalue weighted by molar-refractivity contribution is 0.237. The van der Waals surface area contributed by atoms with Gasteiger partial charge in [0.2, 0.25) is 5.89 Å². The lowest BCUT2D eigenvalue weighted by Crippen LogP contribution is -2.46. The second-order valence-electron chi connectivity index (χ2n) is 4.82. The maximum absolute atomic E-state index is 5.45. The number of piperazine rings is 1. The van der Waals surface area contributed by atoms with Crippen LogP contribution in [0.15, 0.2) is 16.8 Å². The minimum Gasteiger partial charge on any atom is -0.408 e. The van der Waals surface area contributed by atoms with E-state index < -0.39 is 0 Å². The van der Waals surface area contributed by atoms with Crippen molar-refractivity contribution >= 4 is 6.01 Å². The Morgan fingerprint density at radius 1 is 1.21 bits per heavy atom. The van der Waals surface area contributed by atoms with Crippen LogP contribution >= 0.6 is 0 Å². The molecule has 19 heavy (non-hydrogen) atoms.